The second-order valence-electron chi connectivity index (χ2n) is 6.62. The Kier molecular flexibility index (Phi) is 6.44. The van der Waals surface area contributed by atoms with Crippen molar-refractivity contribution in [1.82, 2.24) is 5.32 Å². The largest absolute Gasteiger partial charge is 0.573 e. The second-order valence-corrected chi connectivity index (χ2v) is 6.62. The Labute approximate surface area is 168 Å². The normalized spacial score (nSPS) is 12.4. The van der Waals surface area contributed by atoms with Crippen LogP contribution in [0.15, 0.2) is 72.8 Å². The Balaban J connectivity index is 1.76. The summed E-state index contributed by atoms with van der Waals surface area (Å²) >= 11 is 0. The molecule has 0 heterocycles. The van der Waals surface area contributed by atoms with Gasteiger partial charge in [0.2, 0.25) is 0 Å². The fourth-order valence-electron chi connectivity index (χ4n) is 3.06. The van der Waals surface area contributed by atoms with Crippen LogP contribution in [0.25, 0.3) is 11.1 Å². The lowest BCUT2D eigenvalue weighted by Gasteiger charge is -2.16. The van der Waals surface area contributed by atoms with Gasteiger partial charge in [-0.1, -0.05) is 48.5 Å². The van der Waals surface area contributed by atoms with E-state index in [1.165, 1.54) is 17.7 Å². The summed E-state index contributed by atoms with van der Waals surface area (Å²) in [6, 6.07) is 21.9. The minimum Gasteiger partial charge on any atom is -0.496 e. The number of methoxy groups -OCH3 is 1. The number of halogens is 3. The number of benzene rings is 3. The number of rotatable bonds is 7. The van der Waals surface area contributed by atoms with E-state index in [-0.39, 0.29) is 11.8 Å². The molecular formula is C23H22F3NO2. The summed E-state index contributed by atoms with van der Waals surface area (Å²) in [6.07, 6.45) is -4.71. The fraction of sp³-hybridized carbons (Fsp3) is 0.217. The Hall–Kier alpha value is -2.99. The molecule has 3 rings (SSSR count). The molecule has 3 nitrogen and oxygen atoms in total. The zero-order chi connectivity index (χ0) is 20.9. The summed E-state index contributed by atoms with van der Waals surface area (Å²) in [6.45, 7) is 2.74. The van der Waals surface area contributed by atoms with Crippen molar-refractivity contribution in [1.29, 1.82) is 0 Å². The number of alkyl halides is 3. The third kappa shape index (κ3) is 5.74. The Morgan fingerprint density at radius 2 is 1.62 bits per heavy atom. The summed E-state index contributed by atoms with van der Waals surface area (Å²) in [7, 11) is 1.56. The second kappa shape index (κ2) is 9.01. The van der Waals surface area contributed by atoms with Crippen molar-refractivity contribution < 1.29 is 22.6 Å². The maximum atomic E-state index is 12.4. The van der Waals surface area contributed by atoms with Crippen molar-refractivity contribution in [3.63, 3.8) is 0 Å². The molecule has 0 bridgehead atoms. The van der Waals surface area contributed by atoms with Crippen LogP contribution in [0.4, 0.5) is 13.2 Å². The van der Waals surface area contributed by atoms with Crippen LogP contribution in [-0.2, 0) is 6.54 Å². The summed E-state index contributed by atoms with van der Waals surface area (Å²) in [4.78, 5) is 0. The van der Waals surface area contributed by atoms with Crippen molar-refractivity contribution in [2.45, 2.75) is 25.9 Å². The summed E-state index contributed by atoms with van der Waals surface area (Å²) in [5.41, 5.74) is 3.78. The van der Waals surface area contributed by atoms with Gasteiger partial charge in [-0.05, 0) is 47.9 Å². The van der Waals surface area contributed by atoms with Gasteiger partial charge in [0.25, 0.3) is 0 Å². The summed E-state index contributed by atoms with van der Waals surface area (Å²) < 4.78 is 46.4. The van der Waals surface area contributed by atoms with Gasteiger partial charge in [-0.25, -0.2) is 0 Å². The molecule has 1 N–H and O–H groups in total. The molecule has 0 spiro atoms. The van der Waals surface area contributed by atoms with Gasteiger partial charge in [-0.2, -0.15) is 0 Å². The van der Waals surface area contributed by atoms with E-state index in [4.69, 9.17) is 4.74 Å². The van der Waals surface area contributed by atoms with Crippen LogP contribution >= 0.6 is 0 Å². The van der Waals surface area contributed by atoms with Gasteiger partial charge in [-0.15, -0.1) is 13.2 Å². The van der Waals surface area contributed by atoms with Crippen molar-refractivity contribution in [2.75, 3.05) is 7.11 Å². The van der Waals surface area contributed by atoms with Gasteiger partial charge in [0.05, 0.1) is 7.11 Å². The molecule has 0 aliphatic rings. The Morgan fingerprint density at radius 3 is 2.24 bits per heavy atom. The van der Waals surface area contributed by atoms with Crippen LogP contribution < -0.4 is 14.8 Å². The van der Waals surface area contributed by atoms with Crippen LogP contribution in [0, 0.1) is 0 Å². The molecule has 0 aliphatic carbocycles. The molecule has 1 unspecified atom stereocenters. The average molecular weight is 401 g/mol. The minimum atomic E-state index is -4.71. The van der Waals surface area contributed by atoms with E-state index >= 15 is 0 Å². The monoisotopic (exact) mass is 401 g/mol. The lowest BCUT2D eigenvalue weighted by Crippen LogP contribution is -2.18. The summed E-state index contributed by atoms with van der Waals surface area (Å²) in [5, 5.41) is 3.48. The Bertz CT molecular complexity index is 925. The van der Waals surface area contributed by atoms with Gasteiger partial charge in [0, 0.05) is 18.2 Å². The highest BCUT2D eigenvalue weighted by atomic mass is 19.4. The maximum absolute atomic E-state index is 12.4. The van der Waals surface area contributed by atoms with Crippen LogP contribution in [0.2, 0.25) is 0 Å². The predicted octanol–water partition coefficient (Wildman–Crippen LogP) is 6.11. The quantitative estimate of drug-likeness (QED) is 0.518. The first-order valence-electron chi connectivity index (χ1n) is 9.17. The third-order valence-electron chi connectivity index (χ3n) is 4.57. The Morgan fingerprint density at radius 1 is 0.931 bits per heavy atom. The molecule has 0 saturated carbocycles. The molecule has 1 atom stereocenters. The molecule has 0 aliphatic heterocycles. The third-order valence-corrected chi connectivity index (χ3v) is 4.57. The first kappa shape index (κ1) is 20.7. The zero-order valence-corrected chi connectivity index (χ0v) is 16.2. The van der Waals surface area contributed by atoms with Crippen molar-refractivity contribution in [2.24, 2.45) is 0 Å². The molecule has 3 aromatic carbocycles. The number of hydrogen-bond donors (Lipinski definition) is 1. The predicted molar refractivity (Wildman–Crippen MR) is 107 cm³/mol. The van der Waals surface area contributed by atoms with Crippen LogP contribution in [0.1, 0.15) is 24.1 Å². The van der Waals surface area contributed by atoms with E-state index in [2.05, 4.69) is 29.1 Å². The van der Waals surface area contributed by atoms with E-state index in [1.54, 1.807) is 19.2 Å². The standard InChI is InChI=1S/C23H22F3NO2/c1-16(18-6-4-3-5-7-18)27-15-17-8-13-22(28-2)21(14-17)19-9-11-20(12-10-19)29-23(24,25)26/h3-14,16,27H,15H2,1-2H3. The van der Waals surface area contributed by atoms with Gasteiger partial charge in [-0.3, -0.25) is 0 Å². The highest BCUT2D eigenvalue weighted by Gasteiger charge is 2.31. The number of ether oxygens (including phenoxy) is 2. The SMILES string of the molecule is COc1ccc(CNC(C)c2ccccc2)cc1-c1ccc(OC(F)(F)F)cc1. The smallest absolute Gasteiger partial charge is 0.496 e. The van der Waals surface area contributed by atoms with E-state index in [1.807, 2.05) is 36.4 Å². The highest BCUT2D eigenvalue weighted by Crippen LogP contribution is 2.33. The van der Waals surface area contributed by atoms with E-state index in [9.17, 15) is 13.2 Å². The molecule has 6 heteroatoms. The van der Waals surface area contributed by atoms with E-state index < -0.39 is 6.36 Å². The molecular weight excluding hydrogens is 379 g/mol. The average Bonchev–Trinajstić information content (AvgIpc) is 2.72. The van der Waals surface area contributed by atoms with Gasteiger partial charge < -0.3 is 14.8 Å². The fourth-order valence-corrected chi connectivity index (χ4v) is 3.06. The van der Waals surface area contributed by atoms with Crippen LogP contribution in [-0.4, -0.2) is 13.5 Å². The van der Waals surface area contributed by atoms with Gasteiger partial charge in [0.15, 0.2) is 0 Å². The van der Waals surface area contributed by atoms with Gasteiger partial charge in [0.1, 0.15) is 11.5 Å². The highest BCUT2D eigenvalue weighted by molar-refractivity contribution is 5.71. The van der Waals surface area contributed by atoms with Crippen LogP contribution in [0.5, 0.6) is 11.5 Å². The number of hydrogen-bond acceptors (Lipinski definition) is 3. The molecule has 0 amide bonds. The molecule has 29 heavy (non-hydrogen) atoms. The zero-order valence-electron chi connectivity index (χ0n) is 16.2. The van der Waals surface area contributed by atoms with Crippen molar-refractivity contribution in [3.05, 3.63) is 83.9 Å². The van der Waals surface area contributed by atoms with Crippen LogP contribution in [0.3, 0.4) is 0 Å². The van der Waals surface area contributed by atoms with Gasteiger partial charge >= 0.3 is 6.36 Å². The molecule has 0 radical (unpaired) electrons. The maximum Gasteiger partial charge on any atom is 0.573 e. The topological polar surface area (TPSA) is 30.5 Å². The van der Waals surface area contributed by atoms with Crippen molar-refractivity contribution >= 4 is 0 Å². The van der Waals surface area contributed by atoms with E-state index in [0.29, 0.717) is 12.3 Å². The number of nitrogens with one attached hydrogen (secondary N) is 1. The van der Waals surface area contributed by atoms with E-state index in [0.717, 1.165) is 16.7 Å². The molecule has 3 aromatic rings. The first-order chi connectivity index (χ1) is 13.9. The molecule has 0 saturated heterocycles. The molecule has 0 fully saturated rings. The van der Waals surface area contributed by atoms with Crippen molar-refractivity contribution in [3.8, 4) is 22.6 Å². The molecule has 0 aromatic heterocycles. The minimum absolute atomic E-state index is 0.181. The summed E-state index contributed by atoms with van der Waals surface area (Å²) in [5.74, 6) is 0.393. The first-order valence-corrected chi connectivity index (χ1v) is 9.17. The molecule has 152 valence electrons. The lowest BCUT2D eigenvalue weighted by atomic mass is 10.0. The lowest BCUT2D eigenvalue weighted by molar-refractivity contribution is -0.274.